The Morgan fingerprint density at radius 3 is 2.11 bits per heavy atom. The SMILES string of the molecule is COc1cccc(-c2nnc(SCC(=O)N3CCN(C(=O)C(c4ccccc4)c4ccccc4)C(C)C3)n2-c2ccccc2)c1. The Labute approximate surface area is 267 Å². The molecular weight excluding hydrogens is 582 g/mol. The van der Waals surface area contributed by atoms with E-state index in [0.717, 1.165) is 28.1 Å². The number of benzene rings is 4. The van der Waals surface area contributed by atoms with Crippen molar-refractivity contribution in [2.45, 2.75) is 24.0 Å². The second kappa shape index (κ2) is 13.8. The third-order valence-electron chi connectivity index (χ3n) is 8.08. The van der Waals surface area contributed by atoms with Crippen LogP contribution < -0.4 is 4.74 Å². The first-order chi connectivity index (χ1) is 22.0. The molecule has 2 amide bonds. The van der Waals surface area contributed by atoms with E-state index in [1.807, 2.05) is 137 Å². The summed E-state index contributed by atoms with van der Waals surface area (Å²) in [5.74, 6) is 1.28. The number of aromatic nitrogens is 3. The number of carbonyl (C=O) groups is 2. The standard InChI is InChI=1S/C36H35N5O3S/c1-26-24-39(21-22-40(26)35(43)33(27-13-6-3-7-14-27)28-15-8-4-9-16-28)32(42)25-45-36-38-37-34(29-17-12-20-31(23-29)44-2)41(36)30-18-10-5-11-19-30/h3-20,23,26,33H,21-22,24-25H2,1-2H3. The number of thioether (sulfide) groups is 1. The van der Waals surface area contributed by atoms with E-state index in [4.69, 9.17) is 4.74 Å². The van der Waals surface area contributed by atoms with Gasteiger partial charge < -0.3 is 14.5 Å². The Bertz CT molecular complexity index is 1710. The molecule has 1 aromatic heterocycles. The molecule has 0 saturated carbocycles. The average Bonchev–Trinajstić information content (AvgIpc) is 3.52. The van der Waals surface area contributed by atoms with Crippen LogP contribution in [0.25, 0.3) is 17.1 Å². The summed E-state index contributed by atoms with van der Waals surface area (Å²) >= 11 is 1.36. The summed E-state index contributed by atoms with van der Waals surface area (Å²) in [4.78, 5) is 31.3. The molecule has 1 aliphatic rings. The monoisotopic (exact) mass is 617 g/mol. The lowest BCUT2D eigenvalue weighted by molar-refractivity contribution is -0.141. The minimum atomic E-state index is -0.393. The van der Waals surface area contributed by atoms with E-state index in [0.29, 0.717) is 30.6 Å². The number of piperazine rings is 1. The minimum Gasteiger partial charge on any atom is -0.497 e. The fourth-order valence-electron chi connectivity index (χ4n) is 5.79. The lowest BCUT2D eigenvalue weighted by Gasteiger charge is -2.41. The summed E-state index contributed by atoms with van der Waals surface area (Å²) in [7, 11) is 1.63. The highest BCUT2D eigenvalue weighted by atomic mass is 32.2. The van der Waals surface area contributed by atoms with Gasteiger partial charge in [0.15, 0.2) is 11.0 Å². The van der Waals surface area contributed by atoms with Crippen molar-refractivity contribution < 1.29 is 14.3 Å². The van der Waals surface area contributed by atoms with Crippen LogP contribution in [0.5, 0.6) is 5.75 Å². The molecule has 9 heteroatoms. The number of para-hydroxylation sites is 1. The van der Waals surface area contributed by atoms with E-state index in [-0.39, 0.29) is 23.6 Å². The third kappa shape index (κ3) is 6.63. The smallest absolute Gasteiger partial charge is 0.234 e. The molecule has 0 radical (unpaired) electrons. The highest BCUT2D eigenvalue weighted by molar-refractivity contribution is 7.99. The summed E-state index contributed by atoms with van der Waals surface area (Å²) in [5, 5.41) is 9.61. The molecule has 0 aliphatic carbocycles. The molecule has 5 aromatic rings. The van der Waals surface area contributed by atoms with Gasteiger partial charge in [-0.1, -0.05) is 103 Å². The van der Waals surface area contributed by atoms with Gasteiger partial charge in [0.25, 0.3) is 0 Å². The topological polar surface area (TPSA) is 80.6 Å². The molecule has 4 aromatic carbocycles. The van der Waals surface area contributed by atoms with E-state index in [1.54, 1.807) is 7.11 Å². The van der Waals surface area contributed by atoms with Crippen LogP contribution >= 0.6 is 11.8 Å². The van der Waals surface area contributed by atoms with Gasteiger partial charge in [-0.15, -0.1) is 10.2 Å². The van der Waals surface area contributed by atoms with Gasteiger partial charge in [-0.05, 0) is 42.3 Å². The molecule has 0 N–H and O–H groups in total. The van der Waals surface area contributed by atoms with Gasteiger partial charge in [0.1, 0.15) is 5.75 Å². The van der Waals surface area contributed by atoms with Crippen molar-refractivity contribution in [3.63, 3.8) is 0 Å². The van der Waals surface area contributed by atoms with Crippen LogP contribution in [-0.2, 0) is 9.59 Å². The number of hydrogen-bond donors (Lipinski definition) is 0. The maximum Gasteiger partial charge on any atom is 0.234 e. The average molecular weight is 618 g/mol. The molecule has 6 rings (SSSR count). The van der Waals surface area contributed by atoms with Gasteiger partial charge in [0.05, 0.1) is 18.8 Å². The Hall–Kier alpha value is -4.89. The predicted octanol–water partition coefficient (Wildman–Crippen LogP) is 5.93. The van der Waals surface area contributed by atoms with Crippen molar-refractivity contribution >= 4 is 23.6 Å². The molecule has 45 heavy (non-hydrogen) atoms. The summed E-state index contributed by atoms with van der Waals surface area (Å²) in [5.41, 5.74) is 3.70. The van der Waals surface area contributed by atoms with Gasteiger partial charge in [-0.25, -0.2) is 0 Å². The fraction of sp³-hybridized carbons (Fsp3) is 0.222. The zero-order chi connectivity index (χ0) is 31.2. The first kappa shape index (κ1) is 30.1. The van der Waals surface area contributed by atoms with Crippen molar-refractivity contribution in [3.05, 3.63) is 126 Å². The van der Waals surface area contributed by atoms with Crippen molar-refractivity contribution in [2.24, 2.45) is 0 Å². The minimum absolute atomic E-state index is 0.00663. The molecular formula is C36H35N5O3S. The Morgan fingerprint density at radius 2 is 1.49 bits per heavy atom. The quantitative estimate of drug-likeness (QED) is 0.191. The van der Waals surface area contributed by atoms with E-state index in [2.05, 4.69) is 10.2 Å². The Morgan fingerprint density at radius 1 is 0.844 bits per heavy atom. The second-order valence-corrected chi connectivity index (χ2v) is 11.9. The molecule has 8 nitrogen and oxygen atoms in total. The number of methoxy groups -OCH3 is 1. The Balaban J connectivity index is 1.16. The fourth-order valence-corrected chi connectivity index (χ4v) is 6.64. The van der Waals surface area contributed by atoms with Crippen molar-refractivity contribution in [2.75, 3.05) is 32.5 Å². The van der Waals surface area contributed by atoms with Gasteiger partial charge in [0.2, 0.25) is 11.8 Å². The summed E-state index contributed by atoms with van der Waals surface area (Å²) in [6.07, 6.45) is 0. The highest BCUT2D eigenvalue weighted by Gasteiger charge is 2.35. The number of rotatable bonds is 9. The van der Waals surface area contributed by atoms with E-state index < -0.39 is 5.92 Å². The summed E-state index contributed by atoms with van der Waals surface area (Å²) in [6.45, 7) is 3.45. The van der Waals surface area contributed by atoms with Crippen LogP contribution in [0.4, 0.5) is 0 Å². The molecule has 1 saturated heterocycles. The first-order valence-electron chi connectivity index (χ1n) is 15.0. The maximum atomic E-state index is 14.0. The van der Waals surface area contributed by atoms with E-state index >= 15 is 0 Å². The number of amides is 2. The van der Waals surface area contributed by atoms with Gasteiger partial charge in [-0.2, -0.15) is 0 Å². The number of hydrogen-bond acceptors (Lipinski definition) is 6. The van der Waals surface area contributed by atoms with Crippen LogP contribution in [0.3, 0.4) is 0 Å². The molecule has 228 valence electrons. The second-order valence-electron chi connectivity index (χ2n) is 11.0. The lowest BCUT2D eigenvalue weighted by Crippen LogP contribution is -2.56. The number of nitrogens with zero attached hydrogens (tertiary/aromatic N) is 5. The van der Waals surface area contributed by atoms with Gasteiger partial charge in [0, 0.05) is 36.9 Å². The highest BCUT2D eigenvalue weighted by Crippen LogP contribution is 2.31. The molecule has 1 atom stereocenters. The number of ether oxygens (including phenoxy) is 1. The molecule has 2 heterocycles. The van der Waals surface area contributed by atoms with E-state index in [9.17, 15) is 9.59 Å². The zero-order valence-electron chi connectivity index (χ0n) is 25.3. The zero-order valence-corrected chi connectivity index (χ0v) is 26.1. The van der Waals surface area contributed by atoms with Gasteiger partial charge >= 0.3 is 0 Å². The molecule has 1 aliphatic heterocycles. The van der Waals surface area contributed by atoms with Crippen LogP contribution in [-0.4, -0.2) is 74.9 Å². The van der Waals surface area contributed by atoms with Crippen LogP contribution in [0, 0.1) is 0 Å². The summed E-state index contributed by atoms with van der Waals surface area (Å²) in [6, 6.07) is 37.3. The predicted molar refractivity (Wildman–Crippen MR) is 177 cm³/mol. The van der Waals surface area contributed by atoms with Crippen LogP contribution in [0.15, 0.2) is 120 Å². The largest absolute Gasteiger partial charge is 0.497 e. The number of carbonyl (C=O) groups excluding carboxylic acids is 2. The molecule has 1 fully saturated rings. The van der Waals surface area contributed by atoms with Gasteiger partial charge in [-0.3, -0.25) is 14.2 Å². The summed E-state index contributed by atoms with van der Waals surface area (Å²) < 4.78 is 7.40. The molecule has 0 bridgehead atoms. The van der Waals surface area contributed by atoms with Crippen molar-refractivity contribution in [1.29, 1.82) is 0 Å². The maximum absolute atomic E-state index is 14.0. The lowest BCUT2D eigenvalue weighted by atomic mass is 9.89. The molecule has 1 unspecified atom stereocenters. The first-order valence-corrected chi connectivity index (χ1v) is 16.0. The third-order valence-corrected chi connectivity index (χ3v) is 8.99. The Kier molecular flexibility index (Phi) is 9.26. The van der Waals surface area contributed by atoms with Crippen molar-refractivity contribution in [1.82, 2.24) is 24.6 Å². The van der Waals surface area contributed by atoms with Crippen LogP contribution in [0.1, 0.15) is 24.0 Å². The molecule has 0 spiro atoms. The van der Waals surface area contributed by atoms with Crippen LogP contribution in [0.2, 0.25) is 0 Å². The van der Waals surface area contributed by atoms with Crippen molar-refractivity contribution in [3.8, 4) is 22.8 Å². The van der Waals surface area contributed by atoms with E-state index in [1.165, 1.54) is 11.8 Å². The normalized spacial score (nSPS) is 14.9.